The number of hydrogen-bond acceptors (Lipinski definition) is 2. The smallest absolute Gasteiger partial charge is 0.0700 e. The van der Waals surface area contributed by atoms with Crippen LogP contribution in [-0.2, 0) is 9.47 Å². The Balaban J connectivity index is 3.16. The molecule has 0 aromatic heterocycles. The second-order valence-electron chi connectivity index (χ2n) is 5.28. The molecule has 0 rings (SSSR count). The molecule has 0 fully saturated rings. The molecule has 0 bridgehead atoms. The van der Waals surface area contributed by atoms with E-state index in [1.807, 2.05) is 0 Å². The highest BCUT2D eigenvalue weighted by Crippen LogP contribution is 2.12. The second-order valence-corrected chi connectivity index (χ2v) is 6.52. The normalized spacial score (nSPS) is 14.4. The first kappa shape index (κ1) is 20.5. The van der Waals surface area contributed by atoms with Crippen LogP contribution in [0.2, 0.25) is 0 Å². The van der Waals surface area contributed by atoms with Gasteiger partial charge in [-0.15, -0.1) is 23.2 Å². The average molecular weight is 327 g/mol. The van der Waals surface area contributed by atoms with Crippen molar-refractivity contribution in [3.8, 4) is 0 Å². The minimum atomic E-state index is 0.256. The molecule has 0 saturated heterocycles. The quantitative estimate of drug-likeness (QED) is 0.296. The first-order valence-corrected chi connectivity index (χ1v) is 9.01. The van der Waals surface area contributed by atoms with E-state index in [9.17, 15) is 0 Å². The van der Waals surface area contributed by atoms with Gasteiger partial charge < -0.3 is 9.47 Å². The Labute approximate surface area is 135 Å². The van der Waals surface area contributed by atoms with Crippen LogP contribution in [-0.4, -0.2) is 37.2 Å². The minimum absolute atomic E-state index is 0.256. The van der Waals surface area contributed by atoms with Crippen LogP contribution in [0, 0.1) is 0 Å². The zero-order chi connectivity index (χ0) is 15.1. The molecule has 0 aliphatic rings. The Hall–Kier alpha value is 0.500. The third-order valence-corrected chi connectivity index (χ3v) is 4.14. The molecule has 0 saturated carbocycles. The fourth-order valence-corrected chi connectivity index (χ4v) is 2.37. The summed E-state index contributed by atoms with van der Waals surface area (Å²) < 4.78 is 11.0. The molecule has 0 aliphatic carbocycles. The number of ether oxygens (including phenoxy) is 2. The van der Waals surface area contributed by atoms with Crippen molar-refractivity contribution in [3.05, 3.63) is 0 Å². The Bertz CT molecular complexity index is 171. The summed E-state index contributed by atoms with van der Waals surface area (Å²) in [5, 5.41) is 0.512. The predicted octanol–water partition coefficient (Wildman–Crippen LogP) is 5.40. The minimum Gasteiger partial charge on any atom is -0.379 e. The van der Waals surface area contributed by atoms with E-state index < -0.39 is 0 Å². The number of rotatable bonds is 15. The third-order valence-electron chi connectivity index (χ3n) is 3.26. The van der Waals surface area contributed by atoms with Gasteiger partial charge >= 0.3 is 0 Å². The van der Waals surface area contributed by atoms with Crippen LogP contribution in [0.3, 0.4) is 0 Å². The molecule has 0 aromatic carbocycles. The Morgan fingerprint density at radius 1 is 0.650 bits per heavy atom. The zero-order valence-electron chi connectivity index (χ0n) is 13.2. The summed E-state index contributed by atoms with van der Waals surface area (Å²) in [7, 11) is 0. The van der Waals surface area contributed by atoms with Crippen molar-refractivity contribution >= 4 is 23.2 Å². The molecule has 2 unspecified atom stereocenters. The number of halogens is 2. The van der Waals surface area contributed by atoms with E-state index in [1.165, 1.54) is 25.7 Å². The van der Waals surface area contributed by atoms with Gasteiger partial charge in [-0.2, -0.15) is 0 Å². The topological polar surface area (TPSA) is 18.5 Å². The lowest BCUT2D eigenvalue weighted by Crippen LogP contribution is -2.11. The first-order valence-electron chi connectivity index (χ1n) is 8.14. The van der Waals surface area contributed by atoms with Gasteiger partial charge in [0.25, 0.3) is 0 Å². The fourth-order valence-electron chi connectivity index (χ4n) is 1.88. The largest absolute Gasteiger partial charge is 0.379 e. The maximum Gasteiger partial charge on any atom is 0.0700 e. The van der Waals surface area contributed by atoms with Crippen molar-refractivity contribution in [3.63, 3.8) is 0 Å². The molecule has 0 radical (unpaired) electrons. The van der Waals surface area contributed by atoms with Crippen LogP contribution in [0.1, 0.15) is 65.2 Å². The Morgan fingerprint density at radius 2 is 1.05 bits per heavy atom. The molecule has 4 heteroatoms. The number of hydrogen-bond donors (Lipinski definition) is 0. The fraction of sp³-hybridized carbons (Fsp3) is 1.00. The molecular formula is C16H32Cl2O2. The second kappa shape index (κ2) is 15.9. The van der Waals surface area contributed by atoms with E-state index in [4.69, 9.17) is 32.7 Å². The number of unbranched alkanes of at least 4 members (excludes halogenated alkanes) is 2. The predicted molar refractivity (Wildman–Crippen MR) is 89.2 cm³/mol. The Morgan fingerprint density at radius 3 is 1.40 bits per heavy atom. The van der Waals surface area contributed by atoms with E-state index >= 15 is 0 Å². The van der Waals surface area contributed by atoms with Crippen LogP contribution in [0.15, 0.2) is 0 Å². The molecule has 122 valence electrons. The lowest BCUT2D eigenvalue weighted by molar-refractivity contribution is 0.0453. The lowest BCUT2D eigenvalue weighted by atomic mass is 10.1. The van der Waals surface area contributed by atoms with Gasteiger partial charge in [0, 0.05) is 24.0 Å². The van der Waals surface area contributed by atoms with Crippen molar-refractivity contribution < 1.29 is 9.47 Å². The van der Waals surface area contributed by atoms with Crippen molar-refractivity contribution in [1.29, 1.82) is 0 Å². The van der Waals surface area contributed by atoms with E-state index in [2.05, 4.69) is 13.8 Å². The van der Waals surface area contributed by atoms with Crippen molar-refractivity contribution in [1.82, 2.24) is 0 Å². The summed E-state index contributed by atoms with van der Waals surface area (Å²) in [5.74, 6) is 0. The van der Waals surface area contributed by atoms with Crippen LogP contribution in [0.4, 0.5) is 0 Å². The molecule has 0 aromatic rings. The highest BCUT2D eigenvalue weighted by molar-refractivity contribution is 6.20. The lowest BCUT2D eigenvalue weighted by Gasteiger charge is -2.11. The first-order chi connectivity index (χ1) is 9.70. The number of alkyl halides is 2. The van der Waals surface area contributed by atoms with Gasteiger partial charge in [-0.3, -0.25) is 0 Å². The third kappa shape index (κ3) is 14.9. The molecule has 0 N–H and O–H groups in total. The monoisotopic (exact) mass is 326 g/mol. The molecular weight excluding hydrogens is 295 g/mol. The van der Waals surface area contributed by atoms with Gasteiger partial charge in [0.15, 0.2) is 0 Å². The van der Waals surface area contributed by atoms with Crippen molar-refractivity contribution in [2.75, 3.05) is 26.4 Å². The molecule has 2 nitrogen and oxygen atoms in total. The van der Waals surface area contributed by atoms with Crippen LogP contribution in [0.25, 0.3) is 0 Å². The van der Waals surface area contributed by atoms with Gasteiger partial charge in [-0.25, -0.2) is 0 Å². The highest BCUT2D eigenvalue weighted by atomic mass is 35.5. The maximum absolute atomic E-state index is 6.17. The van der Waals surface area contributed by atoms with E-state index in [0.717, 1.165) is 38.9 Å². The summed E-state index contributed by atoms with van der Waals surface area (Å²) in [5.41, 5.74) is 0. The molecule has 0 aliphatic heterocycles. The van der Waals surface area contributed by atoms with E-state index in [1.54, 1.807) is 0 Å². The molecule has 2 atom stereocenters. The zero-order valence-corrected chi connectivity index (χ0v) is 14.7. The maximum atomic E-state index is 6.17. The molecule has 0 amide bonds. The molecule has 0 heterocycles. The van der Waals surface area contributed by atoms with Gasteiger partial charge in [-0.05, 0) is 25.7 Å². The standard InChI is InChI=1S/C16H32Cl2O2/c1-3-5-7-15(17)9-11-19-13-14-20-12-10-16(18)8-6-4-2/h15-16H,3-14H2,1-2H3. The van der Waals surface area contributed by atoms with Gasteiger partial charge in [-0.1, -0.05) is 39.5 Å². The molecule has 20 heavy (non-hydrogen) atoms. The van der Waals surface area contributed by atoms with Crippen LogP contribution < -0.4 is 0 Å². The van der Waals surface area contributed by atoms with Crippen LogP contribution >= 0.6 is 23.2 Å². The van der Waals surface area contributed by atoms with Gasteiger partial charge in [0.2, 0.25) is 0 Å². The van der Waals surface area contributed by atoms with Gasteiger partial charge in [0.05, 0.1) is 13.2 Å². The highest BCUT2D eigenvalue weighted by Gasteiger charge is 2.04. The summed E-state index contributed by atoms with van der Waals surface area (Å²) in [6.45, 7) is 7.14. The molecule has 0 spiro atoms. The van der Waals surface area contributed by atoms with Gasteiger partial charge in [0.1, 0.15) is 0 Å². The Kier molecular flexibility index (Phi) is 16.3. The SMILES string of the molecule is CCCCC(Cl)CCOCCOCCC(Cl)CCCC. The average Bonchev–Trinajstić information content (AvgIpc) is 2.45. The summed E-state index contributed by atoms with van der Waals surface area (Å²) in [6, 6.07) is 0. The summed E-state index contributed by atoms with van der Waals surface area (Å²) >= 11 is 12.3. The van der Waals surface area contributed by atoms with Crippen molar-refractivity contribution in [2.24, 2.45) is 0 Å². The van der Waals surface area contributed by atoms with Crippen molar-refractivity contribution in [2.45, 2.75) is 76.0 Å². The van der Waals surface area contributed by atoms with E-state index in [-0.39, 0.29) is 10.8 Å². The van der Waals surface area contributed by atoms with E-state index in [0.29, 0.717) is 13.2 Å². The summed E-state index contributed by atoms with van der Waals surface area (Å²) in [4.78, 5) is 0. The summed E-state index contributed by atoms with van der Waals surface area (Å²) in [6.07, 6.45) is 8.86. The van der Waals surface area contributed by atoms with Crippen LogP contribution in [0.5, 0.6) is 0 Å².